The quantitative estimate of drug-likeness (QED) is 0.877. The zero-order valence-electron chi connectivity index (χ0n) is 11.1. The molecule has 2 nitrogen and oxygen atoms in total. The van der Waals surface area contributed by atoms with Crippen LogP contribution in [0, 0.1) is 0 Å². The predicted octanol–water partition coefficient (Wildman–Crippen LogP) is 4.19. The van der Waals surface area contributed by atoms with E-state index >= 15 is 0 Å². The van der Waals surface area contributed by atoms with E-state index in [2.05, 4.69) is 31.2 Å². The molecule has 0 bridgehead atoms. The third kappa shape index (κ3) is 2.86. The predicted molar refractivity (Wildman–Crippen MR) is 81.0 cm³/mol. The number of likely N-dealkylation sites (N-methyl/N-ethyl adjacent to an activating group) is 1. The van der Waals surface area contributed by atoms with Crippen molar-refractivity contribution in [2.45, 2.75) is 37.8 Å². The maximum absolute atomic E-state index is 6.18. The van der Waals surface area contributed by atoms with Gasteiger partial charge in [-0.3, -0.25) is 0 Å². The number of thiophene rings is 1. The lowest BCUT2D eigenvalue weighted by molar-refractivity contribution is 0.0576. The smallest absolute Gasteiger partial charge is 0.0991 e. The summed E-state index contributed by atoms with van der Waals surface area (Å²) in [6.45, 7) is 3.15. The molecule has 1 aromatic heterocycles. The molecule has 1 heterocycles. The number of hydrogen-bond acceptors (Lipinski definition) is 3. The molecule has 1 N–H and O–H groups in total. The van der Waals surface area contributed by atoms with Gasteiger partial charge in [0.25, 0.3) is 0 Å². The van der Waals surface area contributed by atoms with Crippen molar-refractivity contribution in [1.82, 2.24) is 10.2 Å². The van der Waals surface area contributed by atoms with Gasteiger partial charge in [-0.25, -0.2) is 0 Å². The van der Waals surface area contributed by atoms with Crippen molar-refractivity contribution in [1.29, 1.82) is 0 Å². The molecule has 1 saturated carbocycles. The minimum atomic E-state index is 0.249. The van der Waals surface area contributed by atoms with Crippen molar-refractivity contribution in [2.75, 3.05) is 20.6 Å². The summed E-state index contributed by atoms with van der Waals surface area (Å²) in [5.74, 6) is 0. The highest BCUT2D eigenvalue weighted by atomic mass is 35.5. The van der Waals surface area contributed by atoms with Crippen LogP contribution in [0.25, 0.3) is 0 Å². The molecule has 0 radical (unpaired) electrons. The van der Waals surface area contributed by atoms with Crippen molar-refractivity contribution >= 4 is 34.5 Å². The summed E-state index contributed by atoms with van der Waals surface area (Å²) < 4.78 is 1.56. The Morgan fingerprint density at radius 3 is 2.50 bits per heavy atom. The van der Waals surface area contributed by atoms with E-state index in [1.807, 2.05) is 6.07 Å². The summed E-state index contributed by atoms with van der Waals surface area (Å²) in [5.41, 5.74) is 1.44. The maximum atomic E-state index is 6.18. The fourth-order valence-electron chi connectivity index (χ4n) is 2.47. The number of nitrogens with zero attached hydrogens (tertiary/aromatic N) is 1. The lowest BCUT2D eigenvalue weighted by atomic mass is 9.75. The standard InChI is InChI=1S/C13H20Cl2N2S/c1-9(10-7-11(14)18-12(10)15)16-8-13(17(2)3)5-4-6-13/h7,9,16H,4-6,8H2,1-3H3. The monoisotopic (exact) mass is 306 g/mol. The number of halogens is 2. The molecule has 1 aromatic rings. The zero-order chi connectivity index (χ0) is 13.3. The van der Waals surface area contributed by atoms with Gasteiger partial charge in [0.15, 0.2) is 0 Å². The van der Waals surface area contributed by atoms with E-state index in [4.69, 9.17) is 23.2 Å². The van der Waals surface area contributed by atoms with Gasteiger partial charge in [0, 0.05) is 18.1 Å². The molecule has 1 aliphatic carbocycles. The van der Waals surface area contributed by atoms with Gasteiger partial charge in [0.05, 0.1) is 8.67 Å². The minimum absolute atomic E-state index is 0.249. The Morgan fingerprint density at radius 1 is 1.44 bits per heavy atom. The fraction of sp³-hybridized carbons (Fsp3) is 0.692. The van der Waals surface area contributed by atoms with Crippen LogP contribution in [0.15, 0.2) is 6.07 Å². The summed E-state index contributed by atoms with van der Waals surface area (Å²) in [6, 6.07) is 2.22. The molecule has 2 rings (SSSR count). The molecule has 0 aromatic carbocycles. The SMILES string of the molecule is CC(NCC1(N(C)C)CCC1)c1cc(Cl)sc1Cl. The maximum Gasteiger partial charge on any atom is 0.0991 e. The second kappa shape index (κ2) is 5.68. The van der Waals surface area contributed by atoms with Gasteiger partial charge in [-0.2, -0.15) is 0 Å². The first-order chi connectivity index (χ1) is 8.44. The van der Waals surface area contributed by atoms with E-state index in [1.54, 1.807) is 0 Å². The normalized spacial score (nSPS) is 19.9. The summed E-state index contributed by atoms with van der Waals surface area (Å²) >= 11 is 13.6. The van der Waals surface area contributed by atoms with Crippen molar-refractivity contribution in [3.8, 4) is 0 Å². The van der Waals surface area contributed by atoms with E-state index in [0.29, 0.717) is 5.54 Å². The second-order valence-electron chi connectivity index (χ2n) is 5.35. The highest BCUT2D eigenvalue weighted by Gasteiger charge is 2.38. The van der Waals surface area contributed by atoms with Crippen LogP contribution in [0.4, 0.5) is 0 Å². The summed E-state index contributed by atoms with van der Waals surface area (Å²) in [5, 5.41) is 3.60. The first kappa shape index (κ1) is 14.6. The van der Waals surface area contributed by atoms with Crippen LogP contribution in [0.3, 0.4) is 0 Å². The summed E-state index contributed by atoms with van der Waals surface area (Å²) in [7, 11) is 4.33. The number of hydrogen-bond donors (Lipinski definition) is 1. The fourth-order valence-corrected chi connectivity index (χ4v) is 4.11. The van der Waals surface area contributed by atoms with Crippen LogP contribution in [0.5, 0.6) is 0 Å². The molecule has 5 heteroatoms. The molecule has 0 spiro atoms. The Hall–Kier alpha value is 0.200. The minimum Gasteiger partial charge on any atom is -0.308 e. The van der Waals surface area contributed by atoms with Crippen molar-refractivity contribution in [3.63, 3.8) is 0 Å². The van der Waals surface area contributed by atoms with Crippen LogP contribution in [0.1, 0.15) is 37.8 Å². The summed E-state index contributed by atoms with van der Waals surface area (Å²) in [6.07, 6.45) is 3.88. The highest BCUT2D eigenvalue weighted by Crippen LogP contribution is 2.38. The molecule has 1 unspecified atom stereocenters. The Bertz CT molecular complexity index is 413. The van der Waals surface area contributed by atoms with E-state index in [0.717, 1.165) is 20.8 Å². The third-order valence-corrected chi connectivity index (χ3v) is 5.64. The Balaban J connectivity index is 1.96. The van der Waals surface area contributed by atoms with Gasteiger partial charge < -0.3 is 10.2 Å². The van der Waals surface area contributed by atoms with Crippen LogP contribution < -0.4 is 5.32 Å². The molecule has 18 heavy (non-hydrogen) atoms. The molecule has 1 atom stereocenters. The van der Waals surface area contributed by atoms with Crippen molar-refractivity contribution in [3.05, 3.63) is 20.3 Å². The van der Waals surface area contributed by atoms with Gasteiger partial charge in [-0.1, -0.05) is 23.2 Å². The molecular weight excluding hydrogens is 287 g/mol. The molecule has 0 amide bonds. The molecule has 1 aliphatic rings. The zero-order valence-corrected chi connectivity index (χ0v) is 13.4. The van der Waals surface area contributed by atoms with Gasteiger partial charge in [0.1, 0.15) is 0 Å². The van der Waals surface area contributed by atoms with Gasteiger partial charge in [0.2, 0.25) is 0 Å². The largest absolute Gasteiger partial charge is 0.308 e. The van der Waals surface area contributed by atoms with Crippen LogP contribution >= 0.6 is 34.5 Å². The van der Waals surface area contributed by atoms with E-state index in [-0.39, 0.29) is 6.04 Å². The van der Waals surface area contributed by atoms with Crippen molar-refractivity contribution in [2.24, 2.45) is 0 Å². The third-order valence-electron chi connectivity index (χ3n) is 4.12. The topological polar surface area (TPSA) is 15.3 Å². The second-order valence-corrected chi connectivity index (χ2v) is 7.64. The first-order valence-electron chi connectivity index (χ1n) is 6.30. The van der Waals surface area contributed by atoms with Crippen LogP contribution in [0.2, 0.25) is 8.67 Å². The lowest BCUT2D eigenvalue weighted by Crippen LogP contribution is -2.56. The Labute approximate surface area is 123 Å². The molecule has 1 fully saturated rings. The van der Waals surface area contributed by atoms with Gasteiger partial charge in [-0.05, 0) is 51.9 Å². The van der Waals surface area contributed by atoms with E-state index in [9.17, 15) is 0 Å². The van der Waals surface area contributed by atoms with E-state index in [1.165, 1.54) is 30.6 Å². The average Bonchev–Trinajstić information content (AvgIpc) is 2.55. The van der Waals surface area contributed by atoms with E-state index < -0.39 is 0 Å². The Morgan fingerprint density at radius 2 is 2.11 bits per heavy atom. The Kier molecular flexibility index (Phi) is 4.61. The molecule has 0 saturated heterocycles. The average molecular weight is 307 g/mol. The highest BCUT2D eigenvalue weighted by molar-refractivity contribution is 7.20. The lowest BCUT2D eigenvalue weighted by Gasteiger charge is -2.48. The number of nitrogens with one attached hydrogen (secondary N) is 1. The molecular formula is C13H20Cl2N2S. The van der Waals surface area contributed by atoms with Gasteiger partial charge in [-0.15, -0.1) is 11.3 Å². The van der Waals surface area contributed by atoms with Crippen LogP contribution in [-0.4, -0.2) is 31.1 Å². The number of rotatable bonds is 5. The van der Waals surface area contributed by atoms with Crippen molar-refractivity contribution < 1.29 is 0 Å². The van der Waals surface area contributed by atoms with Crippen LogP contribution in [-0.2, 0) is 0 Å². The molecule has 102 valence electrons. The first-order valence-corrected chi connectivity index (χ1v) is 7.87. The summed E-state index contributed by atoms with van der Waals surface area (Å²) in [4.78, 5) is 2.35. The molecule has 0 aliphatic heterocycles. The van der Waals surface area contributed by atoms with Gasteiger partial charge >= 0.3 is 0 Å².